The van der Waals surface area contributed by atoms with Crippen LogP contribution in [-0.4, -0.2) is 34.6 Å². The first-order valence-corrected chi connectivity index (χ1v) is 13.3. The normalized spacial score (nSPS) is 20.8. The molecular weight excluding hydrogens is 438 g/mol. The smallest absolute Gasteiger partial charge is 0.238 e. The van der Waals surface area contributed by atoms with E-state index in [1.54, 1.807) is 0 Å². The van der Waals surface area contributed by atoms with Crippen LogP contribution in [0.2, 0.25) is 0 Å². The van der Waals surface area contributed by atoms with Crippen LogP contribution in [0.4, 0.5) is 0 Å². The Morgan fingerprint density at radius 3 is 2.21 bits per heavy atom. The molecule has 3 heterocycles. The summed E-state index contributed by atoms with van der Waals surface area (Å²) in [7, 11) is -3.96. The summed E-state index contributed by atoms with van der Waals surface area (Å²) in [5.74, 6) is 1.14. The van der Waals surface area contributed by atoms with Crippen molar-refractivity contribution >= 4 is 10.0 Å². The summed E-state index contributed by atoms with van der Waals surface area (Å²) in [5, 5.41) is 12.5. The zero-order chi connectivity index (χ0) is 22.8. The van der Waals surface area contributed by atoms with Crippen LogP contribution in [-0.2, 0) is 16.4 Å². The summed E-state index contributed by atoms with van der Waals surface area (Å²) in [6.07, 6.45) is 3.43. The van der Waals surface area contributed by atoms with Gasteiger partial charge in [0.05, 0.1) is 4.90 Å². The highest BCUT2D eigenvalue weighted by Crippen LogP contribution is 2.36. The molecule has 0 radical (unpaired) electrons. The van der Waals surface area contributed by atoms with Gasteiger partial charge < -0.3 is 10.6 Å². The van der Waals surface area contributed by atoms with Gasteiger partial charge >= 0.3 is 0 Å². The van der Waals surface area contributed by atoms with Gasteiger partial charge in [0.2, 0.25) is 10.0 Å². The average molecular weight is 472 g/mol. The molecule has 33 heavy (non-hydrogen) atoms. The van der Waals surface area contributed by atoms with Crippen molar-refractivity contribution < 1.29 is 8.42 Å². The van der Waals surface area contributed by atoms with Crippen LogP contribution in [0.1, 0.15) is 48.0 Å². The minimum Gasteiger partial charge on any atom is -0.317 e. The van der Waals surface area contributed by atoms with Gasteiger partial charge in [0.1, 0.15) is 6.17 Å². The molecule has 0 bridgehead atoms. The lowest BCUT2D eigenvalue weighted by Gasteiger charge is -2.28. The van der Waals surface area contributed by atoms with E-state index in [4.69, 9.17) is 5.14 Å². The summed E-state index contributed by atoms with van der Waals surface area (Å²) in [4.78, 5) is 0.219. The Balaban J connectivity index is 1.54. The summed E-state index contributed by atoms with van der Waals surface area (Å²) in [5.41, 5.74) is 16.3. The Morgan fingerprint density at radius 1 is 0.909 bits per heavy atom. The molecule has 3 saturated heterocycles. The number of rotatable bonds is 7. The molecule has 0 saturated carbocycles. The quantitative estimate of drug-likeness (QED) is 0.315. The second-order valence-corrected chi connectivity index (χ2v) is 10.7. The second kappa shape index (κ2) is 9.77. The fourth-order valence-corrected chi connectivity index (χ4v) is 6.17. The van der Waals surface area contributed by atoms with Gasteiger partial charge in [-0.25, -0.2) is 24.4 Å². The molecule has 3 aliphatic rings. The Bertz CT molecular complexity index is 1070. The van der Waals surface area contributed by atoms with E-state index in [-0.39, 0.29) is 4.90 Å². The number of piperidine rings is 1. The zero-order valence-electron chi connectivity index (χ0n) is 18.7. The molecular formula is C23H33N7O2S. The van der Waals surface area contributed by atoms with Crippen molar-refractivity contribution in [3.05, 3.63) is 53.1 Å². The molecule has 5 rings (SSSR count). The van der Waals surface area contributed by atoms with Crippen LogP contribution in [0, 0.1) is 5.92 Å². The van der Waals surface area contributed by atoms with Crippen LogP contribution in [0.25, 0.3) is 11.1 Å². The third-order valence-electron chi connectivity index (χ3n) is 7.10. The van der Waals surface area contributed by atoms with Crippen LogP contribution in [0.5, 0.6) is 0 Å². The first kappa shape index (κ1) is 22.9. The standard InChI is InChI=1S/C23H33N7O2S/c24-33(31,32)22-18(2-1-15-9-11-25-12-10-15)7-8-20(21(22)23-27-29-30-28-23)17-5-3-16(4-6-17)19-13-26-14-19/h3-8,15,19,23,25-30H,1-2,9-14H2,(H2,24,31,32). The summed E-state index contributed by atoms with van der Waals surface area (Å²) >= 11 is 0. The van der Waals surface area contributed by atoms with Crippen molar-refractivity contribution in [3.8, 4) is 11.1 Å². The molecule has 3 fully saturated rings. The Labute approximate surface area is 195 Å². The SMILES string of the molecule is NS(=O)(=O)c1c(CCC2CCNCC2)ccc(-c2ccc(C3CNC3)cc2)c1C1NNNN1. The van der Waals surface area contributed by atoms with Crippen LogP contribution < -0.4 is 37.7 Å². The molecule has 2 aromatic rings. The maximum Gasteiger partial charge on any atom is 0.238 e. The number of sulfonamides is 1. The molecule has 9 nitrogen and oxygen atoms in total. The number of hydrazine groups is 3. The van der Waals surface area contributed by atoms with Crippen molar-refractivity contribution in [2.75, 3.05) is 26.2 Å². The zero-order valence-corrected chi connectivity index (χ0v) is 19.5. The monoisotopic (exact) mass is 471 g/mol. The van der Waals surface area contributed by atoms with Gasteiger partial charge in [-0.2, -0.15) is 11.1 Å². The number of hydrogen-bond donors (Lipinski definition) is 7. The summed E-state index contributed by atoms with van der Waals surface area (Å²) < 4.78 is 25.8. The lowest BCUT2D eigenvalue weighted by molar-refractivity contribution is 0.353. The first-order valence-electron chi connectivity index (χ1n) is 11.7. The number of hydrogen-bond acceptors (Lipinski definition) is 8. The molecule has 0 spiro atoms. The van der Waals surface area contributed by atoms with E-state index >= 15 is 0 Å². The van der Waals surface area contributed by atoms with E-state index < -0.39 is 16.2 Å². The number of primary sulfonamides is 1. The molecule has 0 aliphatic carbocycles. The number of benzene rings is 2. The van der Waals surface area contributed by atoms with Crippen molar-refractivity contribution in [2.24, 2.45) is 11.1 Å². The van der Waals surface area contributed by atoms with Crippen LogP contribution in [0.3, 0.4) is 0 Å². The average Bonchev–Trinajstić information content (AvgIpc) is 3.31. The number of aryl methyl sites for hydroxylation is 1. The van der Waals surface area contributed by atoms with E-state index in [1.165, 1.54) is 5.56 Å². The number of nitrogens with one attached hydrogen (secondary N) is 6. The van der Waals surface area contributed by atoms with E-state index in [9.17, 15) is 8.42 Å². The van der Waals surface area contributed by atoms with Crippen LogP contribution >= 0.6 is 0 Å². The summed E-state index contributed by atoms with van der Waals surface area (Å²) in [6, 6.07) is 12.4. The highest BCUT2D eigenvalue weighted by molar-refractivity contribution is 7.89. The molecule has 2 aromatic carbocycles. The minimum absolute atomic E-state index is 0.219. The molecule has 178 valence electrons. The fraction of sp³-hybridized carbons (Fsp3) is 0.478. The van der Waals surface area contributed by atoms with Crippen molar-refractivity contribution in [1.82, 2.24) is 32.6 Å². The molecule has 0 atom stereocenters. The predicted molar refractivity (Wildman–Crippen MR) is 128 cm³/mol. The Hall–Kier alpha value is -1.89. The summed E-state index contributed by atoms with van der Waals surface area (Å²) in [6.45, 7) is 4.05. The molecule has 0 unspecified atom stereocenters. The molecule has 10 heteroatoms. The Kier molecular flexibility index (Phi) is 6.77. The number of nitrogens with two attached hydrogens (primary N) is 1. The van der Waals surface area contributed by atoms with E-state index in [1.807, 2.05) is 12.1 Å². The molecule has 0 aromatic heterocycles. The van der Waals surface area contributed by atoms with Gasteiger partial charge in [-0.05, 0) is 66.9 Å². The fourth-order valence-electron chi connectivity index (χ4n) is 5.10. The molecule has 0 amide bonds. The van der Waals surface area contributed by atoms with Gasteiger partial charge in [0, 0.05) is 24.6 Å². The van der Waals surface area contributed by atoms with E-state index in [0.717, 1.165) is 62.1 Å². The lowest BCUT2D eigenvalue weighted by atomic mass is 9.88. The molecule has 3 aliphatic heterocycles. The molecule has 8 N–H and O–H groups in total. The van der Waals surface area contributed by atoms with E-state index in [2.05, 4.69) is 56.8 Å². The third kappa shape index (κ3) is 4.98. The first-order chi connectivity index (χ1) is 16.0. The van der Waals surface area contributed by atoms with Gasteiger partial charge in [-0.1, -0.05) is 36.4 Å². The predicted octanol–water partition coefficient (Wildman–Crippen LogP) is 0.736. The minimum atomic E-state index is -3.96. The van der Waals surface area contributed by atoms with Gasteiger partial charge in [-0.15, -0.1) is 0 Å². The van der Waals surface area contributed by atoms with Crippen molar-refractivity contribution in [3.63, 3.8) is 0 Å². The van der Waals surface area contributed by atoms with Crippen molar-refractivity contribution in [2.45, 2.75) is 42.7 Å². The van der Waals surface area contributed by atoms with Crippen molar-refractivity contribution in [1.29, 1.82) is 0 Å². The van der Waals surface area contributed by atoms with Crippen LogP contribution in [0.15, 0.2) is 41.3 Å². The highest BCUT2D eigenvalue weighted by Gasteiger charge is 2.30. The Morgan fingerprint density at radius 2 is 1.61 bits per heavy atom. The second-order valence-electron chi connectivity index (χ2n) is 9.24. The van der Waals surface area contributed by atoms with Gasteiger partial charge in [-0.3, -0.25) is 0 Å². The topological polar surface area (TPSA) is 132 Å². The maximum atomic E-state index is 12.9. The van der Waals surface area contributed by atoms with Gasteiger partial charge in [0.25, 0.3) is 0 Å². The third-order valence-corrected chi connectivity index (χ3v) is 8.15. The van der Waals surface area contributed by atoms with Gasteiger partial charge in [0.15, 0.2) is 0 Å². The lowest BCUT2D eigenvalue weighted by Crippen LogP contribution is -2.39. The maximum absolute atomic E-state index is 12.9. The highest BCUT2D eigenvalue weighted by atomic mass is 32.2. The largest absolute Gasteiger partial charge is 0.317 e. The van der Waals surface area contributed by atoms with E-state index in [0.29, 0.717) is 23.8 Å².